The number of rotatable bonds is 9. The van der Waals surface area contributed by atoms with Crippen molar-refractivity contribution < 1.29 is 23.7 Å². The van der Waals surface area contributed by atoms with Gasteiger partial charge in [0.15, 0.2) is 0 Å². The highest BCUT2D eigenvalue weighted by atomic mass is 16.5. The van der Waals surface area contributed by atoms with Crippen molar-refractivity contribution in [2.45, 2.75) is 13.1 Å². The van der Waals surface area contributed by atoms with Gasteiger partial charge >= 0.3 is 0 Å². The van der Waals surface area contributed by atoms with Crippen LogP contribution in [0.1, 0.15) is 21.5 Å². The molecule has 36 heavy (non-hydrogen) atoms. The quantitative estimate of drug-likeness (QED) is 0.376. The molecule has 0 fully saturated rings. The molecule has 8 heteroatoms. The van der Waals surface area contributed by atoms with Crippen molar-refractivity contribution in [2.24, 2.45) is 0 Å². The summed E-state index contributed by atoms with van der Waals surface area (Å²) < 4.78 is 21.3. The Kier molecular flexibility index (Phi) is 7.44. The van der Waals surface area contributed by atoms with Gasteiger partial charge in [-0.25, -0.2) is 0 Å². The number of methoxy groups -OCH3 is 4. The lowest BCUT2D eigenvalue weighted by Crippen LogP contribution is -2.32. The second-order valence-corrected chi connectivity index (χ2v) is 8.19. The Bertz CT molecular complexity index is 1410. The molecule has 0 aliphatic carbocycles. The maximum absolute atomic E-state index is 13.7. The van der Waals surface area contributed by atoms with Crippen LogP contribution in [0.25, 0.3) is 10.9 Å². The molecule has 4 rings (SSSR count). The van der Waals surface area contributed by atoms with Crippen LogP contribution in [-0.2, 0) is 13.1 Å². The number of aromatic nitrogens is 1. The van der Waals surface area contributed by atoms with Gasteiger partial charge in [0.2, 0.25) is 0 Å². The largest absolute Gasteiger partial charge is 0.497 e. The van der Waals surface area contributed by atoms with Gasteiger partial charge in [0.25, 0.3) is 11.5 Å². The van der Waals surface area contributed by atoms with Gasteiger partial charge in [-0.3, -0.25) is 9.59 Å². The fourth-order valence-electron chi connectivity index (χ4n) is 3.94. The highest BCUT2D eigenvalue weighted by molar-refractivity contribution is 5.95. The summed E-state index contributed by atoms with van der Waals surface area (Å²) in [5.41, 5.74) is 2.16. The first-order valence-corrected chi connectivity index (χ1v) is 11.3. The first kappa shape index (κ1) is 24.7. The zero-order valence-electron chi connectivity index (χ0n) is 20.7. The van der Waals surface area contributed by atoms with Crippen molar-refractivity contribution in [3.05, 3.63) is 93.8 Å². The fraction of sp³-hybridized carbons (Fsp3) is 0.214. The van der Waals surface area contributed by atoms with Crippen LogP contribution in [0.5, 0.6) is 23.0 Å². The van der Waals surface area contributed by atoms with Gasteiger partial charge in [0.05, 0.1) is 35.0 Å². The molecule has 0 saturated carbocycles. The second kappa shape index (κ2) is 10.9. The Hall–Kier alpha value is -4.46. The van der Waals surface area contributed by atoms with Crippen LogP contribution < -0.4 is 24.5 Å². The van der Waals surface area contributed by atoms with Gasteiger partial charge in [-0.05, 0) is 54.1 Å². The third-order valence-electron chi connectivity index (χ3n) is 5.91. The van der Waals surface area contributed by atoms with Gasteiger partial charge < -0.3 is 28.8 Å². The molecule has 0 radical (unpaired) electrons. The summed E-state index contributed by atoms with van der Waals surface area (Å²) in [6.45, 7) is 0.366. The summed E-state index contributed by atoms with van der Waals surface area (Å²) in [4.78, 5) is 31.2. The number of carbonyl (C=O) groups is 1. The zero-order valence-corrected chi connectivity index (χ0v) is 20.7. The summed E-state index contributed by atoms with van der Waals surface area (Å²) in [5.74, 6) is 2.12. The van der Waals surface area contributed by atoms with Crippen LogP contribution in [0.2, 0.25) is 0 Å². The maximum atomic E-state index is 13.7. The third kappa shape index (κ3) is 5.43. The molecule has 0 unspecified atom stereocenters. The minimum absolute atomic E-state index is 0.0901. The lowest BCUT2D eigenvalue weighted by Gasteiger charge is -2.24. The molecular weight excluding hydrogens is 460 g/mol. The Balaban J connectivity index is 1.74. The molecule has 1 heterocycles. The van der Waals surface area contributed by atoms with Crippen molar-refractivity contribution in [3.63, 3.8) is 0 Å². The molecule has 0 aliphatic rings. The third-order valence-corrected chi connectivity index (χ3v) is 5.91. The standard InChI is InChI=1S/C28H28N2O6/c1-33-22-7-5-18(6-8-22)16-30(28(32)20-13-24(35-3)15-25(14-20)36-4)17-21-11-19-12-23(34-2)9-10-26(19)29-27(21)31/h5-15H,16-17H2,1-4H3,(H,29,31). The van der Waals surface area contributed by atoms with Crippen molar-refractivity contribution in [2.75, 3.05) is 28.4 Å². The summed E-state index contributed by atoms with van der Waals surface area (Å²) in [5, 5.41) is 0.809. The van der Waals surface area contributed by atoms with Gasteiger partial charge in [0.1, 0.15) is 23.0 Å². The van der Waals surface area contributed by atoms with Crippen LogP contribution >= 0.6 is 0 Å². The normalized spacial score (nSPS) is 10.7. The average molecular weight is 489 g/mol. The number of nitrogens with one attached hydrogen (secondary N) is 1. The Labute approximate surface area is 209 Å². The van der Waals surface area contributed by atoms with E-state index < -0.39 is 0 Å². The van der Waals surface area contributed by atoms with E-state index in [0.717, 1.165) is 10.9 Å². The molecule has 4 aromatic rings. The van der Waals surface area contributed by atoms with E-state index in [1.54, 1.807) is 55.5 Å². The Morgan fingerprint density at radius 1 is 0.722 bits per heavy atom. The highest BCUT2D eigenvalue weighted by Gasteiger charge is 2.20. The molecule has 1 aromatic heterocycles. The summed E-state index contributed by atoms with van der Waals surface area (Å²) in [6, 6.07) is 19.7. The molecule has 0 aliphatic heterocycles. The molecule has 0 atom stereocenters. The molecule has 8 nitrogen and oxygen atoms in total. The van der Waals surface area contributed by atoms with E-state index in [4.69, 9.17) is 18.9 Å². The lowest BCUT2D eigenvalue weighted by molar-refractivity contribution is 0.0728. The van der Waals surface area contributed by atoms with E-state index in [0.29, 0.717) is 39.6 Å². The number of hydrogen-bond donors (Lipinski definition) is 1. The van der Waals surface area contributed by atoms with Crippen molar-refractivity contribution >= 4 is 16.8 Å². The number of fused-ring (bicyclic) bond motifs is 1. The summed E-state index contributed by atoms with van der Waals surface area (Å²) >= 11 is 0. The van der Waals surface area contributed by atoms with Gasteiger partial charge in [-0.2, -0.15) is 0 Å². The predicted molar refractivity (Wildman–Crippen MR) is 137 cm³/mol. The van der Waals surface area contributed by atoms with E-state index in [-0.39, 0.29) is 24.6 Å². The minimum Gasteiger partial charge on any atom is -0.497 e. The van der Waals surface area contributed by atoms with E-state index in [1.807, 2.05) is 30.3 Å². The lowest BCUT2D eigenvalue weighted by atomic mass is 10.1. The molecule has 1 amide bonds. The maximum Gasteiger partial charge on any atom is 0.254 e. The first-order valence-electron chi connectivity index (χ1n) is 11.3. The van der Waals surface area contributed by atoms with Gasteiger partial charge in [-0.1, -0.05) is 12.1 Å². The predicted octanol–water partition coefficient (Wildman–Crippen LogP) is 4.41. The average Bonchev–Trinajstić information content (AvgIpc) is 2.92. The minimum atomic E-state index is -0.270. The van der Waals surface area contributed by atoms with E-state index in [1.165, 1.54) is 14.2 Å². The number of amides is 1. The van der Waals surface area contributed by atoms with Crippen LogP contribution in [0.3, 0.4) is 0 Å². The number of ether oxygens (including phenoxy) is 4. The number of H-pyrrole nitrogens is 1. The number of aromatic amines is 1. The second-order valence-electron chi connectivity index (χ2n) is 8.19. The molecule has 0 spiro atoms. The first-order chi connectivity index (χ1) is 17.4. The van der Waals surface area contributed by atoms with Crippen molar-refractivity contribution in [1.82, 2.24) is 9.88 Å². The molecule has 1 N–H and O–H groups in total. The topological polar surface area (TPSA) is 90.1 Å². The van der Waals surface area contributed by atoms with Crippen LogP contribution in [-0.4, -0.2) is 44.2 Å². The molecular formula is C28H28N2O6. The number of pyridine rings is 1. The number of benzene rings is 3. The number of carbonyl (C=O) groups excluding carboxylic acids is 1. The van der Waals surface area contributed by atoms with Gasteiger partial charge in [-0.15, -0.1) is 0 Å². The van der Waals surface area contributed by atoms with Crippen LogP contribution in [0.4, 0.5) is 0 Å². The Morgan fingerprint density at radius 3 is 1.94 bits per heavy atom. The summed E-state index contributed by atoms with van der Waals surface area (Å²) in [6.07, 6.45) is 0. The monoisotopic (exact) mass is 488 g/mol. The van der Waals surface area contributed by atoms with Crippen LogP contribution in [0.15, 0.2) is 71.5 Å². The Morgan fingerprint density at radius 2 is 1.33 bits per heavy atom. The molecule has 186 valence electrons. The van der Waals surface area contributed by atoms with E-state index in [2.05, 4.69) is 4.98 Å². The van der Waals surface area contributed by atoms with E-state index >= 15 is 0 Å². The zero-order chi connectivity index (χ0) is 25.7. The van der Waals surface area contributed by atoms with Crippen LogP contribution in [0, 0.1) is 0 Å². The van der Waals surface area contributed by atoms with Crippen molar-refractivity contribution in [1.29, 1.82) is 0 Å². The highest BCUT2D eigenvalue weighted by Crippen LogP contribution is 2.25. The smallest absolute Gasteiger partial charge is 0.254 e. The molecule has 0 bridgehead atoms. The SMILES string of the molecule is COc1ccc(CN(Cc2cc3cc(OC)ccc3[nH]c2=O)C(=O)c2cc(OC)cc(OC)c2)cc1. The molecule has 0 saturated heterocycles. The van der Waals surface area contributed by atoms with Gasteiger partial charge in [0, 0.05) is 34.6 Å². The number of nitrogens with zero attached hydrogens (tertiary/aromatic N) is 1. The van der Waals surface area contributed by atoms with Crippen molar-refractivity contribution in [3.8, 4) is 23.0 Å². The fourth-order valence-corrected chi connectivity index (χ4v) is 3.94. The molecule has 3 aromatic carbocycles. The number of hydrogen-bond acceptors (Lipinski definition) is 6. The summed E-state index contributed by atoms with van der Waals surface area (Å²) in [7, 11) is 6.25. The van der Waals surface area contributed by atoms with E-state index in [9.17, 15) is 9.59 Å².